The van der Waals surface area contributed by atoms with Gasteiger partial charge in [0.05, 0.1) is 6.33 Å². The number of fused-ring (bicyclic) bond motifs is 3. The molecule has 0 atom stereocenters. The number of rotatable bonds is 7. The molecule has 0 aliphatic heterocycles. The first kappa shape index (κ1) is 21.0. The fourth-order valence-electron chi connectivity index (χ4n) is 4.50. The second kappa shape index (κ2) is 8.23. The first-order chi connectivity index (χ1) is 16.0. The van der Waals surface area contributed by atoms with Crippen LogP contribution < -0.4 is 11.2 Å². The van der Waals surface area contributed by atoms with Crippen LogP contribution >= 0.6 is 0 Å². The molecule has 33 heavy (non-hydrogen) atoms. The summed E-state index contributed by atoms with van der Waals surface area (Å²) in [7, 11) is 1.68. The molecule has 0 aliphatic carbocycles. The zero-order chi connectivity index (χ0) is 23.1. The van der Waals surface area contributed by atoms with Crippen molar-refractivity contribution in [2.75, 3.05) is 0 Å². The Bertz CT molecular complexity index is 1550. The van der Waals surface area contributed by atoms with Crippen LogP contribution in [-0.2, 0) is 33.1 Å². The third-order valence-electron chi connectivity index (χ3n) is 6.45. The first-order valence-corrected chi connectivity index (χ1v) is 11.1. The Balaban J connectivity index is 1.58. The van der Waals surface area contributed by atoms with Crippen LogP contribution in [0.25, 0.3) is 16.9 Å². The number of nitrogens with zero attached hydrogens (tertiary/aromatic N) is 7. The maximum atomic E-state index is 13.5. The highest BCUT2D eigenvalue weighted by Gasteiger charge is 2.22. The van der Waals surface area contributed by atoms with Crippen molar-refractivity contribution in [2.45, 2.75) is 46.3 Å². The second-order valence-corrected chi connectivity index (χ2v) is 8.43. The van der Waals surface area contributed by atoms with E-state index in [0.29, 0.717) is 29.9 Å². The summed E-state index contributed by atoms with van der Waals surface area (Å²) in [6, 6.07) is 9.88. The molecule has 0 radical (unpaired) electrons. The van der Waals surface area contributed by atoms with Gasteiger partial charge in [-0.1, -0.05) is 30.3 Å². The van der Waals surface area contributed by atoms with Gasteiger partial charge < -0.3 is 9.13 Å². The smallest absolute Gasteiger partial charge is 0.332 e. The summed E-state index contributed by atoms with van der Waals surface area (Å²) in [5.74, 6) is 0.693. The van der Waals surface area contributed by atoms with Gasteiger partial charge in [0.1, 0.15) is 0 Å². The quantitative estimate of drug-likeness (QED) is 0.385. The van der Waals surface area contributed by atoms with Crippen molar-refractivity contribution < 1.29 is 0 Å². The maximum absolute atomic E-state index is 13.5. The van der Waals surface area contributed by atoms with E-state index in [0.717, 1.165) is 36.5 Å². The van der Waals surface area contributed by atoms with Crippen LogP contribution in [0.15, 0.2) is 58.6 Å². The summed E-state index contributed by atoms with van der Waals surface area (Å²) >= 11 is 0. The molecule has 0 N–H and O–H groups in total. The Kier molecular flexibility index (Phi) is 5.24. The van der Waals surface area contributed by atoms with Gasteiger partial charge in [0.2, 0.25) is 5.78 Å². The fourth-order valence-corrected chi connectivity index (χ4v) is 4.50. The van der Waals surface area contributed by atoms with E-state index in [1.807, 2.05) is 59.3 Å². The monoisotopic (exact) mass is 445 g/mol. The van der Waals surface area contributed by atoms with Crippen molar-refractivity contribution >= 4 is 16.9 Å². The van der Waals surface area contributed by atoms with Gasteiger partial charge in [-0.2, -0.15) is 4.98 Å². The Morgan fingerprint density at radius 2 is 1.73 bits per heavy atom. The molecule has 170 valence electrons. The van der Waals surface area contributed by atoms with E-state index >= 15 is 0 Å². The second-order valence-electron chi connectivity index (χ2n) is 8.43. The van der Waals surface area contributed by atoms with E-state index in [2.05, 4.69) is 9.55 Å². The lowest BCUT2D eigenvalue weighted by atomic mass is 10.1. The lowest BCUT2D eigenvalue weighted by molar-refractivity contribution is 0.563. The summed E-state index contributed by atoms with van der Waals surface area (Å²) in [6.07, 6.45) is 7.02. The van der Waals surface area contributed by atoms with Crippen molar-refractivity contribution in [2.24, 2.45) is 7.05 Å². The summed E-state index contributed by atoms with van der Waals surface area (Å²) in [4.78, 5) is 35.4. The molecule has 0 saturated heterocycles. The van der Waals surface area contributed by atoms with E-state index in [-0.39, 0.29) is 11.2 Å². The average molecular weight is 446 g/mol. The standard InChI is InChI=1S/C24H27N7O2/c1-17-18(2)31-20-21(26-23(31)29(17)13-7-12-28-15-11-25-16-28)27(3)24(33)30(22(20)32)14-10-19-8-5-4-6-9-19/h4-6,8-9,11,15-16H,7,10,12-14H2,1-3H3. The number of imidazole rings is 3. The minimum atomic E-state index is -0.342. The molecule has 0 saturated carbocycles. The van der Waals surface area contributed by atoms with Crippen LogP contribution in [0.3, 0.4) is 0 Å². The summed E-state index contributed by atoms with van der Waals surface area (Å²) in [6.45, 7) is 5.95. The van der Waals surface area contributed by atoms with Crippen LogP contribution in [0.4, 0.5) is 0 Å². The number of hydrogen-bond acceptors (Lipinski definition) is 4. The Morgan fingerprint density at radius 1 is 0.939 bits per heavy atom. The SMILES string of the molecule is Cc1c(C)n2c3c(=O)n(CCc4ccccc4)c(=O)n(C)c3nc2n1CCCn1ccnc1. The molecule has 0 bridgehead atoms. The van der Waals surface area contributed by atoms with Crippen LogP contribution in [0, 0.1) is 13.8 Å². The minimum absolute atomic E-state index is 0.296. The Labute approximate surface area is 190 Å². The highest BCUT2D eigenvalue weighted by Crippen LogP contribution is 2.21. The van der Waals surface area contributed by atoms with Crippen molar-refractivity contribution in [3.05, 3.63) is 86.8 Å². The topological polar surface area (TPSA) is 84.0 Å². The lowest BCUT2D eigenvalue weighted by Gasteiger charge is -2.09. The van der Waals surface area contributed by atoms with Crippen molar-refractivity contribution in [1.82, 2.24) is 32.6 Å². The van der Waals surface area contributed by atoms with Gasteiger partial charge in [-0.3, -0.25) is 18.3 Å². The molecule has 4 heterocycles. The maximum Gasteiger partial charge on any atom is 0.332 e. The molecule has 0 aliphatic rings. The van der Waals surface area contributed by atoms with Crippen molar-refractivity contribution in [1.29, 1.82) is 0 Å². The zero-order valence-corrected chi connectivity index (χ0v) is 19.1. The molecule has 5 aromatic rings. The molecule has 0 unspecified atom stereocenters. The Hall–Kier alpha value is -3.88. The van der Waals surface area contributed by atoms with Crippen LogP contribution in [-0.4, -0.2) is 32.6 Å². The first-order valence-electron chi connectivity index (χ1n) is 11.1. The number of aromatic nitrogens is 7. The highest BCUT2D eigenvalue weighted by molar-refractivity contribution is 5.76. The average Bonchev–Trinajstić information content (AvgIpc) is 3.53. The molecule has 9 heteroatoms. The van der Waals surface area contributed by atoms with Crippen molar-refractivity contribution in [3.8, 4) is 0 Å². The van der Waals surface area contributed by atoms with Gasteiger partial charge in [-0.05, 0) is 32.3 Å². The predicted octanol–water partition coefficient (Wildman–Crippen LogP) is 2.30. The highest BCUT2D eigenvalue weighted by atomic mass is 16.2. The van der Waals surface area contributed by atoms with Gasteiger partial charge in [-0.25, -0.2) is 9.78 Å². The summed E-state index contributed by atoms with van der Waals surface area (Å²) in [5, 5.41) is 0. The molecule has 9 nitrogen and oxygen atoms in total. The van der Waals surface area contributed by atoms with Gasteiger partial charge in [0.25, 0.3) is 5.56 Å². The number of hydrogen-bond donors (Lipinski definition) is 0. The molecular weight excluding hydrogens is 418 g/mol. The van der Waals surface area contributed by atoms with Crippen LogP contribution in [0.5, 0.6) is 0 Å². The van der Waals surface area contributed by atoms with Crippen LogP contribution in [0.1, 0.15) is 23.4 Å². The molecule has 0 amide bonds. The molecule has 0 fully saturated rings. The molecular formula is C24H27N7O2. The third kappa shape index (κ3) is 3.49. The molecule has 5 rings (SSSR count). The van der Waals surface area contributed by atoms with E-state index in [9.17, 15) is 9.59 Å². The van der Waals surface area contributed by atoms with Gasteiger partial charge >= 0.3 is 5.69 Å². The zero-order valence-electron chi connectivity index (χ0n) is 19.1. The van der Waals surface area contributed by atoms with E-state index in [4.69, 9.17) is 4.98 Å². The predicted molar refractivity (Wildman–Crippen MR) is 127 cm³/mol. The van der Waals surface area contributed by atoms with Crippen LogP contribution in [0.2, 0.25) is 0 Å². The summed E-state index contributed by atoms with van der Waals surface area (Å²) in [5.41, 5.74) is 3.34. The third-order valence-corrected chi connectivity index (χ3v) is 6.45. The largest absolute Gasteiger partial charge is 0.337 e. The summed E-state index contributed by atoms with van der Waals surface area (Å²) < 4.78 is 8.89. The van der Waals surface area contributed by atoms with Gasteiger partial charge in [0.15, 0.2) is 11.2 Å². The normalized spacial score (nSPS) is 11.7. The van der Waals surface area contributed by atoms with E-state index in [1.165, 1.54) is 9.13 Å². The number of aryl methyl sites for hydroxylation is 5. The molecule has 1 aromatic carbocycles. The van der Waals surface area contributed by atoms with Crippen molar-refractivity contribution in [3.63, 3.8) is 0 Å². The molecule has 4 aromatic heterocycles. The number of benzene rings is 1. The fraction of sp³-hybridized carbons (Fsp3) is 0.333. The van der Waals surface area contributed by atoms with Gasteiger partial charge in [0, 0.05) is 50.5 Å². The van der Waals surface area contributed by atoms with E-state index in [1.54, 1.807) is 19.6 Å². The Morgan fingerprint density at radius 3 is 2.45 bits per heavy atom. The minimum Gasteiger partial charge on any atom is -0.337 e. The molecule has 0 spiro atoms. The van der Waals surface area contributed by atoms with E-state index < -0.39 is 0 Å². The van der Waals surface area contributed by atoms with Gasteiger partial charge in [-0.15, -0.1) is 0 Å². The lowest BCUT2D eigenvalue weighted by Crippen LogP contribution is -2.39.